The molecule has 25 heavy (non-hydrogen) atoms. The zero-order valence-electron chi connectivity index (χ0n) is 13.8. The number of furan rings is 1. The fourth-order valence-electron chi connectivity index (χ4n) is 2.10. The molecule has 0 N–H and O–H groups in total. The van der Waals surface area contributed by atoms with E-state index in [-0.39, 0.29) is 17.0 Å². The van der Waals surface area contributed by atoms with E-state index >= 15 is 0 Å². The van der Waals surface area contributed by atoms with Crippen LogP contribution < -0.4 is 4.74 Å². The van der Waals surface area contributed by atoms with Crippen molar-refractivity contribution in [3.8, 4) is 23.1 Å². The zero-order chi connectivity index (χ0) is 18.6. The van der Waals surface area contributed by atoms with Crippen LogP contribution in [0.5, 0.6) is 5.75 Å². The molecule has 0 bridgehead atoms. The molecule has 1 heterocycles. The lowest BCUT2D eigenvalue weighted by Gasteiger charge is -2.08. The number of nitriles is 1. The fraction of sp³-hybridized carbons (Fsp3) is 0.176. The first-order chi connectivity index (χ1) is 11.9. The third kappa shape index (κ3) is 3.84. The molecule has 2 rings (SSSR count). The number of methoxy groups -OCH3 is 1. The Labute approximate surface area is 143 Å². The Kier molecular flexibility index (Phi) is 5.19. The normalized spacial score (nSPS) is 10.9. The summed E-state index contributed by atoms with van der Waals surface area (Å²) in [6.45, 7) is 0. The van der Waals surface area contributed by atoms with Gasteiger partial charge in [0.05, 0.1) is 23.7 Å². The Morgan fingerprint density at radius 1 is 1.36 bits per heavy atom. The molecule has 1 amide bonds. The van der Waals surface area contributed by atoms with E-state index in [1.54, 1.807) is 26.2 Å². The summed E-state index contributed by atoms with van der Waals surface area (Å²) in [6, 6.07) is 9.20. The molecule has 0 radical (unpaired) electrons. The summed E-state index contributed by atoms with van der Waals surface area (Å²) in [5.41, 5.74) is 0.349. The number of hydrogen-bond donors (Lipinski definition) is 0. The molecule has 8 nitrogen and oxygen atoms in total. The maximum absolute atomic E-state index is 11.9. The third-order valence-corrected chi connectivity index (χ3v) is 3.33. The van der Waals surface area contributed by atoms with Gasteiger partial charge in [0, 0.05) is 26.2 Å². The second-order valence-corrected chi connectivity index (χ2v) is 5.21. The van der Waals surface area contributed by atoms with Crippen molar-refractivity contribution in [1.82, 2.24) is 4.90 Å². The molecule has 0 saturated heterocycles. The van der Waals surface area contributed by atoms with Crippen LogP contribution in [-0.2, 0) is 4.79 Å². The summed E-state index contributed by atoms with van der Waals surface area (Å²) < 4.78 is 10.8. The van der Waals surface area contributed by atoms with Crippen molar-refractivity contribution in [2.45, 2.75) is 0 Å². The van der Waals surface area contributed by atoms with E-state index in [1.165, 1.54) is 36.3 Å². The number of non-ortho nitro benzene ring substituents is 1. The Bertz CT molecular complexity index is 890. The molecular formula is C17H15N3O5. The Balaban J connectivity index is 2.41. The third-order valence-electron chi connectivity index (χ3n) is 3.33. The Morgan fingerprint density at radius 3 is 2.64 bits per heavy atom. The molecule has 8 heteroatoms. The summed E-state index contributed by atoms with van der Waals surface area (Å²) in [5.74, 6) is 0.548. The summed E-state index contributed by atoms with van der Waals surface area (Å²) in [7, 11) is 4.49. The molecule has 1 aromatic heterocycles. The second kappa shape index (κ2) is 7.31. The topological polar surface area (TPSA) is 110 Å². The monoisotopic (exact) mass is 341 g/mol. The minimum atomic E-state index is -0.519. The minimum absolute atomic E-state index is 0.0680. The highest BCUT2D eigenvalue weighted by Gasteiger charge is 2.16. The average molecular weight is 341 g/mol. The van der Waals surface area contributed by atoms with Gasteiger partial charge in [0.25, 0.3) is 11.6 Å². The van der Waals surface area contributed by atoms with Crippen LogP contribution in [0.1, 0.15) is 5.76 Å². The molecule has 128 valence electrons. The van der Waals surface area contributed by atoms with E-state index in [4.69, 9.17) is 14.4 Å². The van der Waals surface area contributed by atoms with Gasteiger partial charge in [-0.3, -0.25) is 14.9 Å². The number of rotatable bonds is 5. The van der Waals surface area contributed by atoms with Crippen LogP contribution >= 0.6 is 0 Å². The van der Waals surface area contributed by atoms with Gasteiger partial charge in [-0.05, 0) is 18.2 Å². The van der Waals surface area contributed by atoms with Crippen LogP contribution in [0.4, 0.5) is 5.69 Å². The van der Waals surface area contributed by atoms with Gasteiger partial charge in [-0.25, -0.2) is 0 Å². The van der Waals surface area contributed by atoms with Gasteiger partial charge in [-0.1, -0.05) is 0 Å². The van der Waals surface area contributed by atoms with Crippen LogP contribution in [-0.4, -0.2) is 36.9 Å². The van der Waals surface area contributed by atoms with Gasteiger partial charge < -0.3 is 14.1 Å². The number of carbonyl (C=O) groups excluding carboxylic acids is 1. The molecule has 0 fully saturated rings. The van der Waals surface area contributed by atoms with E-state index in [9.17, 15) is 14.9 Å². The lowest BCUT2D eigenvalue weighted by Crippen LogP contribution is -2.22. The Hall–Kier alpha value is -3.60. The van der Waals surface area contributed by atoms with Crippen molar-refractivity contribution in [1.29, 1.82) is 5.26 Å². The number of nitro benzene ring substituents is 1. The van der Waals surface area contributed by atoms with Crippen LogP contribution in [0, 0.1) is 21.4 Å². The quantitative estimate of drug-likeness (QED) is 0.358. The number of likely N-dealkylation sites (N-methyl/N-ethyl adjacent to an activating group) is 1. The van der Waals surface area contributed by atoms with Gasteiger partial charge in [0.1, 0.15) is 28.9 Å². The van der Waals surface area contributed by atoms with Gasteiger partial charge in [0.15, 0.2) is 0 Å². The minimum Gasteiger partial charge on any atom is -0.496 e. The van der Waals surface area contributed by atoms with Crippen molar-refractivity contribution in [2.24, 2.45) is 0 Å². The fourth-order valence-corrected chi connectivity index (χ4v) is 2.10. The number of hydrogen-bond acceptors (Lipinski definition) is 6. The van der Waals surface area contributed by atoms with E-state index in [2.05, 4.69) is 0 Å². The highest BCUT2D eigenvalue weighted by atomic mass is 16.6. The first-order valence-electron chi connectivity index (χ1n) is 7.13. The Morgan fingerprint density at radius 2 is 2.08 bits per heavy atom. The van der Waals surface area contributed by atoms with Crippen molar-refractivity contribution < 1.29 is 18.9 Å². The number of amides is 1. The summed E-state index contributed by atoms with van der Waals surface area (Å²) in [4.78, 5) is 23.5. The predicted octanol–water partition coefficient (Wildman–Crippen LogP) is 2.86. The van der Waals surface area contributed by atoms with E-state index in [1.807, 2.05) is 6.07 Å². The molecule has 1 aromatic carbocycles. The number of benzene rings is 1. The molecule has 0 unspecified atom stereocenters. The highest BCUT2D eigenvalue weighted by Crippen LogP contribution is 2.34. The second-order valence-electron chi connectivity index (χ2n) is 5.21. The van der Waals surface area contributed by atoms with Crippen molar-refractivity contribution in [3.05, 3.63) is 51.8 Å². The molecule has 0 aliphatic rings. The molecule has 0 saturated carbocycles. The van der Waals surface area contributed by atoms with Gasteiger partial charge in [-0.15, -0.1) is 0 Å². The van der Waals surface area contributed by atoms with E-state index in [0.717, 1.165) is 0 Å². The van der Waals surface area contributed by atoms with Gasteiger partial charge >= 0.3 is 0 Å². The van der Waals surface area contributed by atoms with E-state index in [0.29, 0.717) is 17.1 Å². The van der Waals surface area contributed by atoms with Crippen LogP contribution in [0.3, 0.4) is 0 Å². The first kappa shape index (κ1) is 17.7. The number of carbonyl (C=O) groups is 1. The lowest BCUT2D eigenvalue weighted by atomic mass is 10.1. The molecule has 0 aliphatic carbocycles. The zero-order valence-corrected chi connectivity index (χ0v) is 13.8. The molecule has 0 atom stereocenters. The van der Waals surface area contributed by atoms with Crippen molar-refractivity contribution in [2.75, 3.05) is 21.2 Å². The summed E-state index contributed by atoms with van der Waals surface area (Å²) >= 11 is 0. The SMILES string of the molecule is COc1cc([N+](=O)[O-])ccc1-c1ccc(/C=C(/C#N)C(=O)N(C)C)o1. The molecule has 0 aliphatic heterocycles. The first-order valence-corrected chi connectivity index (χ1v) is 7.13. The standard InChI is InChI=1S/C17H15N3O5/c1-19(2)17(21)11(10-18)8-13-5-7-15(25-13)14-6-4-12(20(22)23)9-16(14)24-3/h4-9H,1-3H3/b11-8-. The van der Waals surface area contributed by atoms with Crippen molar-refractivity contribution in [3.63, 3.8) is 0 Å². The smallest absolute Gasteiger partial charge is 0.273 e. The van der Waals surface area contributed by atoms with E-state index < -0.39 is 10.8 Å². The lowest BCUT2D eigenvalue weighted by molar-refractivity contribution is -0.384. The maximum Gasteiger partial charge on any atom is 0.273 e. The average Bonchev–Trinajstić information content (AvgIpc) is 3.06. The van der Waals surface area contributed by atoms with Crippen LogP contribution in [0.2, 0.25) is 0 Å². The summed E-state index contributed by atoms with van der Waals surface area (Å²) in [5, 5.41) is 20.0. The summed E-state index contributed by atoms with van der Waals surface area (Å²) in [6.07, 6.45) is 1.34. The maximum atomic E-state index is 11.9. The largest absolute Gasteiger partial charge is 0.496 e. The molecular weight excluding hydrogens is 326 g/mol. The van der Waals surface area contributed by atoms with Crippen molar-refractivity contribution >= 4 is 17.7 Å². The van der Waals surface area contributed by atoms with Gasteiger partial charge in [0.2, 0.25) is 0 Å². The van der Waals surface area contributed by atoms with Crippen LogP contribution in [0.15, 0.2) is 40.3 Å². The molecule has 0 spiro atoms. The highest BCUT2D eigenvalue weighted by molar-refractivity contribution is 6.01. The molecule has 2 aromatic rings. The number of ether oxygens (including phenoxy) is 1. The number of nitrogens with zero attached hydrogens (tertiary/aromatic N) is 3. The predicted molar refractivity (Wildman–Crippen MR) is 89.6 cm³/mol. The van der Waals surface area contributed by atoms with Crippen LogP contribution in [0.25, 0.3) is 17.4 Å². The number of nitro groups is 1. The van der Waals surface area contributed by atoms with Gasteiger partial charge in [-0.2, -0.15) is 5.26 Å².